The van der Waals surface area contributed by atoms with Crippen LogP contribution in [0, 0.1) is 5.82 Å². The molecular formula is C21H22FN3O3S. The van der Waals surface area contributed by atoms with E-state index < -0.39 is 11.9 Å². The molecule has 0 aliphatic carbocycles. The van der Waals surface area contributed by atoms with Crippen LogP contribution in [0.15, 0.2) is 42.5 Å². The van der Waals surface area contributed by atoms with Crippen LogP contribution in [0.4, 0.5) is 9.52 Å². The summed E-state index contributed by atoms with van der Waals surface area (Å²) in [5, 5.41) is 0.469. The smallest absolute Gasteiger partial charge is 0.273 e. The number of fused-ring (bicyclic) bond motifs is 2. The molecule has 152 valence electrons. The Morgan fingerprint density at radius 3 is 2.72 bits per heavy atom. The molecule has 6 nitrogen and oxygen atoms in total. The highest BCUT2D eigenvalue weighted by Gasteiger charge is 2.33. The monoisotopic (exact) mass is 415 g/mol. The molecule has 1 unspecified atom stereocenters. The largest absolute Gasteiger partial charge is 0.485 e. The normalized spacial score (nSPS) is 15.7. The van der Waals surface area contributed by atoms with E-state index in [1.807, 2.05) is 26.2 Å². The van der Waals surface area contributed by atoms with E-state index >= 15 is 0 Å². The van der Waals surface area contributed by atoms with Crippen molar-refractivity contribution in [2.75, 3.05) is 38.7 Å². The van der Waals surface area contributed by atoms with Crippen molar-refractivity contribution in [1.29, 1.82) is 0 Å². The highest BCUT2D eigenvalue weighted by Crippen LogP contribution is 2.34. The highest BCUT2D eigenvalue weighted by atomic mass is 32.1. The van der Waals surface area contributed by atoms with Gasteiger partial charge >= 0.3 is 0 Å². The van der Waals surface area contributed by atoms with Gasteiger partial charge in [-0.15, -0.1) is 0 Å². The van der Waals surface area contributed by atoms with E-state index in [1.54, 1.807) is 29.2 Å². The summed E-state index contributed by atoms with van der Waals surface area (Å²) in [4.78, 5) is 21.4. The van der Waals surface area contributed by atoms with Crippen LogP contribution in [-0.4, -0.2) is 55.7 Å². The molecule has 1 aliphatic heterocycles. The van der Waals surface area contributed by atoms with Crippen LogP contribution >= 0.6 is 11.3 Å². The van der Waals surface area contributed by atoms with Gasteiger partial charge in [0.05, 0.1) is 4.70 Å². The molecule has 8 heteroatoms. The molecule has 2 aromatic carbocycles. The van der Waals surface area contributed by atoms with Crippen LogP contribution < -0.4 is 14.4 Å². The molecule has 29 heavy (non-hydrogen) atoms. The maximum Gasteiger partial charge on any atom is 0.273 e. The number of para-hydroxylation sites is 3. The van der Waals surface area contributed by atoms with Gasteiger partial charge in [-0.05, 0) is 51.3 Å². The van der Waals surface area contributed by atoms with Crippen LogP contribution in [0.3, 0.4) is 0 Å². The zero-order chi connectivity index (χ0) is 20.4. The molecule has 0 N–H and O–H groups in total. The van der Waals surface area contributed by atoms with E-state index in [0.29, 0.717) is 27.9 Å². The number of carbonyl (C=O) groups excluding carboxylic acids is 1. The maximum absolute atomic E-state index is 14.1. The van der Waals surface area contributed by atoms with E-state index in [4.69, 9.17) is 9.47 Å². The fourth-order valence-electron chi connectivity index (χ4n) is 3.18. The van der Waals surface area contributed by atoms with Crippen molar-refractivity contribution >= 4 is 32.6 Å². The summed E-state index contributed by atoms with van der Waals surface area (Å²) in [5.41, 5.74) is 0.282. The molecule has 1 atom stereocenters. The third-order valence-corrected chi connectivity index (χ3v) is 5.67. The van der Waals surface area contributed by atoms with Crippen LogP contribution in [0.25, 0.3) is 10.2 Å². The summed E-state index contributed by atoms with van der Waals surface area (Å²) in [6, 6.07) is 12.1. The zero-order valence-electron chi connectivity index (χ0n) is 16.3. The lowest BCUT2D eigenvalue weighted by Gasteiger charge is -2.29. The first-order chi connectivity index (χ1) is 14.0. The molecule has 0 saturated carbocycles. The molecule has 0 saturated heterocycles. The minimum atomic E-state index is -0.777. The van der Waals surface area contributed by atoms with E-state index in [-0.39, 0.29) is 18.0 Å². The lowest BCUT2D eigenvalue weighted by Crippen LogP contribution is -2.47. The zero-order valence-corrected chi connectivity index (χ0v) is 17.1. The van der Waals surface area contributed by atoms with Crippen LogP contribution in [0.5, 0.6) is 11.5 Å². The number of hydrogen-bond donors (Lipinski definition) is 0. The highest BCUT2D eigenvalue weighted by molar-refractivity contribution is 7.22. The van der Waals surface area contributed by atoms with Crippen molar-refractivity contribution < 1.29 is 18.7 Å². The Bertz CT molecular complexity index is 1020. The average molecular weight is 415 g/mol. The molecular weight excluding hydrogens is 393 g/mol. The first kappa shape index (κ1) is 19.6. The SMILES string of the molecule is CN(C)CCCN(C(=O)C1COc2ccccc2O1)c1nc2c(F)cccc2s1. The Balaban J connectivity index is 1.61. The Kier molecular flexibility index (Phi) is 5.64. The maximum atomic E-state index is 14.1. The Hall–Kier alpha value is -2.71. The number of benzene rings is 2. The van der Waals surface area contributed by atoms with Gasteiger partial charge in [0.2, 0.25) is 6.10 Å². The number of nitrogens with zero attached hydrogens (tertiary/aromatic N) is 3. The summed E-state index contributed by atoms with van der Waals surface area (Å²) in [6.45, 7) is 1.40. The summed E-state index contributed by atoms with van der Waals surface area (Å²) < 4.78 is 26.4. The van der Waals surface area contributed by atoms with Gasteiger partial charge in [0.15, 0.2) is 16.6 Å². The van der Waals surface area contributed by atoms with Gasteiger partial charge in [0.1, 0.15) is 17.9 Å². The van der Waals surface area contributed by atoms with Gasteiger partial charge in [-0.25, -0.2) is 9.37 Å². The minimum Gasteiger partial charge on any atom is -0.485 e. The first-order valence-corrected chi connectivity index (χ1v) is 10.2. The number of anilines is 1. The molecule has 0 radical (unpaired) electrons. The predicted octanol–water partition coefficient (Wildman–Crippen LogP) is 3.56. The van der Waals surface area contributed by atoms with Gasteiger partial charge in [0.25, 0.3) is 5.91 Å². The Morgan fingerprint density at radius 1 is 1.17 bits per heavy atom. The molecule has 1 amide bonds. The number of thiazole rings is 1. The average Bonchev–Trinajstić information content (AvgIpc) is 3.15. The van der Waals surface area contributed by atoms with Gasteiger partial charge in [-0.2, -0.15) is 0 Å². The van der Waals surface area contributed by atoms with Gasteiger partial charge < -0.3 is 14.4 Å². The lowest BCUT2D eigenvalue weighted by molar-refractivity contribution is -0.127. The quantitative estimate of drug-likeness (QED) is 0.616. The summed E-state index contributed by atoms with van der Waals surface area (Å²) in [5.74, 6) is 0.535. The van der Waals surface area contributed by atoms with Crippen molar-refractivity contribution in [3.05, 3.63) is 48.3 Å². The van der Waals surface area contributed by atoms with Crippen LogP contribution in [0.1, 0.15) is 6.42 Å². The molecule has 1 aliphatic rings. The molecule has 0 bridgehead atoms. The van der Waals surface area contributed by atoms with Crippen molar-refractivity contribution in [3.8, 4) is 11.5 Å². The molecule has 0 spiro atoms. The predicted molar refractivity (Wildman–Crippen MR) is 111 cm³/mol. The molecule has 4 rings (SSSR count). The number of amides is 1. The summed E-state index contributed by atoms with van der Waals surface area (Å²) >= 11 is 1.30. The van der Waals surface area contributed by atoms with E-state index in [9.17, 15) is 9.18 Å². The first-order valence-electron chi connectivity index (χ1n) is 9.42. The second kappa shape index (κ2) is 8.34. The Morgan fingerprint density at radius 2 is 1.97 bits per heavy atom. The number of ether oxygens (including phenoxy) is 2. The number of aromatic nitrogens is 1. The molecule has 0 fully saturated rings. The minimum absolute atomic E-state index is 0.124. The standard InChI is InChI=1S/C21H22FN3O3S/c1-24(2)11-6-12-25(21-23-19-14(22)7-5-10-18(19)29-21)20(26)17-13-27-15-8-3-4-9-16(15)28-17/h3-5,7-10,17H,6,11-13H2,1-2H3. The number of carbonyl (C=O) groups is 1. The molecule has 2 heterocycles. The van der Waals surface area contributed by atoms with E-state index in [1.165, 1.54) is 17.4 Å². The molecule has 1 aromatic heterocycles. The van der Waals surface area contributed by atoms with Crippen LogP contribution in [-0.2, 0) is 4.79 Å². The topological polar surface area (TPSA) is 54.9 Å². The van der Waals surface area contributed by atoms with Crippen LogP contribution in [0.2, 0.25) is 0 Å². The third-order valence-electron chi connectivity index (χ3n) is 4.63. The summed E-state index contributed by atoms with van der Waals surface area (Å²) in [7, 11) is 3.96. The second-order valence-corrected chi connectivity index (χ2v) is 8.10. The number of halogens is 1. The number of rotatable bonds is 6. The third kappa shape index (κ3) is 4.18. The molecule has 3 aromatic rings. The van der Waals surface area contributed by atoms with Crippen molar-refractivity contribution in [2.45, 2.75) is 12.5 Å². The van der Waals surface area contributed by atoms with Crippen molar-refractivity contribution in [3.63, 3.8) is 0 Å². The second-order valence-electron chi connectivity index (χ2n) is 7.09. The van der Waals surface area contributed by atoms with Crippen molar-refractivity contribution in [1.82, 2.24) is 9.88 Å². The summed E-state index contributed by atoms with van der Waals surface area (Å²) in [6.07, 6.45) is -0.0254. The fraction of sp³-hybridized carbons (Fsp3) is 0.333. The fourth-order valence-corrected chi connectivity index (χ4v) is 4.19. The Labute approximate surface area is 172 Å². The lowest BCUT2D eigenvalue weighted by atomic mass is 10.2. The van der Waals surface area contributed by atoms with E-state index in [2.05, 4.69) is 9.88 Å². The van der Waals surface area contributed by atoms with Crippen molar-refractivity contribution in [2.24, 2.45) is 0 Å². The van der Waals surface area contributed by atoms with E-state index in [0.717, 1.165) is 13.0 Å². The number of hydrogen-bond acceptors (Lipinski definition) is 6. The van der Waals surface area contributed by atoms with Gasteiger partial charge in [-0.1, -0.05) is 29.5 Å². The van der Waals surface area contributed by atoms with Gasteiger partial charge in [-0.3, -0.25) is 9.69 Å². The van der Waals surface area contributed by atoms with Gasteiger partial charge in [0, 0.05) is 6.54 Å².